The van der Waals surface area contributed by atoms with Gasteiger partial charge in [0.05, 0.1) is 6.04 Å². The van der Waals surface area contributed by atoms with Gasteiger partial charge >= 0.3 is 0 Å². The van der Waals surface area contributed by atoms with Gasteiger partial charge in [0.2, 0.25) is 0 Å². The predicted molar refractivity (Wildman–Crippen MR) is 87.3 cm³/mol. The summed E-state index contributed by atoms with van der Waals surface area (Å²) in [5.74, 6) is 0.586. The summed E-state index contributed by atoms with van der Waals surface area (Å²) in [7, 11) is 0. The molecule has 1 aliphatic rings. The van der Waals surface area contributed by atoms with Crippen molar-refractivity contribution in [2.24, 2.45) is 0 Å². The maximum absolute atomic E-state index is 12.1. The number of benzene rings is 2. The molecular weight excluding hydrogens is 298 g/mol. The third-order valence-electron chi connectivity index (χ3n) is 3.96. The highest BCUT2D eigenvalue weighted by Crippen LogP contribution is 2.30. The van der Waals surface area contributed by atoms with Gasteiger partial charge in [-0.2, -0.15) is 0 Å². The summed E-state index contributed by atoms with van der Waals surface area (Å²) in [4.78, 5) is 12.1. The fourth-order valence-corrected chi connectivity index (χ4v) is 3.09. The van der Waals surface area contributed by atoms with Crippen LogP contribution in [0.1, 0.15) is 29.2 Å². The van der Waals surface area contributed by atoms with E-state index in [2.05, 4.69) is 17.4 Å². The first-order valence-electron chi connectivity index (χ1n) is 7.39. The van der Waals surface area contributed by atoms with Crippen molar-refractivity contribution < 1.29 is 9.53 Å². The minimum Gasteiger partial charge on any atom is -0.484 e. The molecule has 0 fully saturated rings. The van der Waals surface area contributed by atoms with Gasteiger partial charge in [-0.25, -0.2) is 0 Å². The summed E-state index contributed by atoms with van der Waals surface area (Å²) in [6.07, 6.45) is 1.96. The molecule has 1 aliphatic carbocycles. The van der Waals surface area contributed by atoms with E-state index in [4.69, 9.17) is 16.3 Å². The lowest BCUT2D eigenvalue weighted by atomic mass is 10.1. The van der Waals surface area contributed by atoms with E-state index in [-0.39, 0.29) is 18.6 Å². The molecule has 2 aromatic carbocycles. The van der Waals surface area contributed by atoms with Crippen LogP contribution in [0.15, 0.2) is 42.5 Å². The largest absolute Gasteiger partial charge is 0.484 e. The Kier molecular flexibility index (Phi) is 4.34. The summed E-state index contributed by atoms with van der Waals surface area (Å²) < 4.78 is 5.58. The van der Waals surface area contributed by atoms with Crippen molar-refractivity contribution in [1.82, 2.24) is 5.32 Å². The van der Waals surface area contributed by atoms with E-state index < -0.39 is 0 Å². The minimum absolute atomic E-state index is 0.0150. The second-order valence-electron chi connectivity index (χ2n) is 5.56. The Morgan fingerprint density at radius 1 is 1.32 bits per heavy atom. The molecule has 1 N–H and O–H groups in total. The fraction of sp³-hybridized carbons (Fsp3) is 0.278. The average Bonchev–Trinajstić information content (AvgIpc) is 2.90. The Balaban J connectivity index is 1.57. The standard InChI is InChI=1S/C18H18ClNO2/c1-12-10-14(19)7-9-17(12)22-11-18(21)20-16-8-6-13-4-2-3-5-15(13)16/h2-5,7,9-10,16H,6,8,11H2,1H3,(H,20,21)/t16-/m0/s1. The molecule has 0 saturated heterocycles. The molecule has 3 nitrogen and oxygen atoms in total. The van der Waals surface area contributed by atoms with Crippen LogP contribution in [0.4, 0.5) is 0 Å². The maximum atomic E-state index is 12.1. The van der Waals surface area contributed by atoms with E-state index in [0.29, 0.717) is 10.8 Å². The molecule has 0 radical (unpaired) electrons. The fourth-order valence-electron chi connectivity index (χ4n) is 2.86. The Bertz CT molecular complexity index is 699. The summed E-state index contributed by atoms with van der Waals surface area (Å²) >= 11 is 5.91. The van der Waals surface area contributed by atoms with E-state index in [1.54, 1.807) is 12.1 Å². The van der Waals surface area contributed by atoms with E-state index in [9.17, 15) is 4.79 Å². The zero-order valence-corrected chi connectivity index (χ0v) is 13.2. The van der Waals surface area contributed by atoms with Crippen LogP contribution in [-0.2, 0) is 11.2 Å². The third kappa shape index (κ3) is 3.25. The van der Waals surface area contributed by atoms with Crippen molar-refractivity contribution in [2.45, 2.75) is 25.8 Å². The molecule has 1 atom stereocenters. The van der Waals surface area contributed by atoms with Crippen molar-refractivity contribution in [3.8, 4) is 5.75 Å². The normalized spacial score (nSPS) is 16.2. The van der Waals surface area contributed by atoms with Crippen LogP contribution in [0, 0.1) is 6.92 Å². The number of ether oxygens (including phenoxy) is 1. The number of halogens is 1. The third-order valence-corrected chi connectivity index (χ3v) is 4.20. The molecule has 4 heteroatoms. The summed E-state index contributed by atoms with van der Waals surface area (Å²) in [6, 6.07) is 13.7. The summed E-state index contributed by atoms with van der Waals surface area (Å²) in [6.45, 7) is 1.92. The lowest BCUT2D eigenvalue weighted by Gasteiger charge is -2.15. The van der Waals surface area contributed by atoms with Gasteiger partial charge in [-0.05, 0) is 54.7 Å². The van der Waals surface area contributed by atoms with Gasteiger partial charge in [-0.15, -0.1) is 0 Å². The molecule has 2 aromatic rings. The molecule has 0 aliphatic heterocycles. The SMILES string of the molecule is Cc1cc(Cl)ccc1OCC(=O)N[C@H]1CCc2ccccc21. The predicted octanol–water partition coefficient (Wildman–Crippen LogP) is 3.83. The Morgan fingerprint density at radius 2 is 2.14 bits per heavy atom. The second kappa shape index (κ2) is 6.41. The highest BCUT2D eigenvalue weighted by Gasteiger charge is 2.23. The molecule has 0 unspecified atom stereocenters. The van der Waals surface area contributed by atoms with E-state index in [1.807, 2.05) is 25.1 Å². The Labute approximate surface area is 135 Å². The number of nitrogens with one attached hydrogen (secondary N) is 1. The Hall–Kier alpha value is -2.00. The van der Waals surface area contributed by atoms with E-state index in [1.165, 1.54) is 11.1 Å². The highest BCUT2D eigenvalue weighted by atomic mass is 35.5. The van der Waals surface area contributed by atoms with Crippen LogP contribution in [-0.4, -0.2) is 12.5 Å². The summed E-state index contributed by atoms with van der Waals surface area (Å²) in [5.41, 5.74) is 3.47. The number of hydrogen-bond donors (Lipinski definition) is 1. The van der Waals surface area contributed by atoms with Crippen molar-refractivity contribution in [1.29, 1.82) is 0 Å². The minimum atomic E-state index is -0.101. The molecule has 22 heavy (non-hydrogen) atoms. The van der Waals surface area contributed by atoms with E-state index in [0.717, 1.165) is 18.4 Å². The number of carbonyl (C=O) groups is 1. The maximum Gasteiger partial charge on any atom is 0.258 e. The number of carbonyl (C=O) groups excluding carboxylic acids is 1. The summed E-state index contributed by atoms with van der Waals surface area (Å²) in [5, 5.41) is 3.71. The molecule has 0 heterocycles. The first-order valence-corrected chi connectivity index (χ1v) is 7.77. The smallest absolute Gasteiger partial charge is 0.258 e. The molecule has 0 spiro atoms. The van der Waals surface area contributed by atoms with Crippen molar-refractivity contribution >= 4 is 17.5 Å². The van der Waals surface area contributed by atoms with Gasteiger partial charge in [0.15, 0.2) is 6.61 Å². The molecular formula is C18H18ClNO2. The number of aryl methyl sites for hydroxylation is 2. The van der Waals surface area contributed by atoms with Crippen LogP contribution in [0.2, 0.25) is 5.02 Å². The van der Waals surface area contributed by atoms with Crippen molar-refractivity contribution in [3.05, 3.63) is 64.2 Å². The van der Waals surface area contributed by atoms with Gasteiger partial charge < -0.3 is 10.1 Å². The van der Waals surface area contributed by atoms with Crippen LogP contribution < -0.4 is 10.1 Å². The lowest BCUT2D eigenvalue weighted by Crippen LogP contribution is -2.31. The van der Waals surface area contributed by atoms with Gasteiger partial charge in [0, 0.05) is 5.02 Å². The van der Waals surface area contributed by atoms with Crippen LogP contribution in [0.3, 0.4) is 0 Å². The van der Waals surface area contributed by atoms with Crippen molar-refractivity contribution in [2.75, 3.05) is 6.61 Å². The van der Waals surface area contributed by atoms with Crippen LogP contribution in [0.5, 0.6) is 5.75 Å². The number of fused-ring (bicyclic) bond motifs is 1. The van der Waals surface area contributed by atoms with Crippen molar-refractivity contribution in [3.63, 3.8) is 0 Å². The zero-order chi connectivity index (χ0) is 15.5. The zero-order valence-electron chi connectivity index (χ0n) is 12.4. The molecule has 1 amide bonds. The van der Waals surface area contributed by atoms with Gasteiger partial charge in [-0.3, -0.25) is 4.79 Å². The molecule has 0 aromatic heterocycles. The highest BCUT2D eigenvalue weighted by molar-refractivity contribution is 6.30. The average molecular weight is 316 g/mol. The quantitative estimate of drug-likeness (QED) is 0.931. The first-order chi connectivity index (χ1) is 10.6. The van der Waals surface area contributed by atoms with Crippen LogP contribution in [0.25, 0.3) is 0 Å². The second-order valence-corrected chi connectivity index (χ2v) is 5.99. The molecule has 3 rings (SSSR count). The molecule has 114 valence electrons. The van der Waals surface area contributed by atoms with Gasteiger partial charge in [0.1, 0.15) is 5.75 Å². The van der Waals surface area contributed by atoms with Gasteiger partial charge in [0.25, 0.3) is 5.91 Å². The first kappa shape index (κ1) is 14.9. The number of amides is 1. The lowest BCUT2D eigenvalue weighted by molar-refractivity contribution is -0.123. The number of rotatable bonds is 4. The molecule has 0 saturated carbocycles. The monoisotopic (exact) mass is 315 g/mol. The molecule has 0 bridgehead atoms. The van der Waals surface area contributed by atoms with Crippen LogP contribution >= 0.6 is 11.6 Å². The number of hydrogen-bond acceptors (Lipinski definition) is 2. The van der Waals surface area contributed by atoms with Gasteiger partial charge in [-0.1, -0.05) is 35.9 Å². The topological polar surface area (TPSA) is 38.3 Å². The van der Waals surface area contributed by atoms with E-state index >= 15 is 0 Å². The Morgan fingerprint density at radius 3 is 2.95 bits per heavy atom.